The summed E-state index contributed by atoms with van der Waals surface area (Å²) < 4.78 is 0. The number of fused-ring (bicyclic) bond motifs is 1. The Bertz CT molecular complexity index is 279. The summed E-state index contributed by atoms with van der Waals surface area (Å²) in [6, 6.07) is -0.339. The lowest BCUT2D eigenvalue weighted by molar-refractivity contribution is -0.600. The summed E-state index contributed by atoms with van der Waals surface area (Å²) in [5, 5.41) is 21.4. The smallest absolute Gasteiger partial charge is 0.487 e. The Hall–Kier alpha value is -0.585. The first-order valence-corrected chi connectivity index (χ1v) is 5.70. The van der Waals surface area contributed by atoms with Gasteiger partial charge in [0.05, 0.1) is 0 Å². The standard InChI is InChI=1S/C9H19BN2O3/c1-6(2)8-9(13)12-5-3-4-7(12)10(14,15)11-8/h6-8,14-15H,3-5,11H2,1-2H3/t7-,8-/m0/s1. The molecule has 0 aromatic heterocycles. The van der Waals surface area contributed by atoms with E-state index in [2.05, 4.69) is 0 Å². The van der Waals surface area contributed by atoms with Crippen molar-refractivity contribution >= 4 is 12.6 Å². The van der Waals surface area contributed by atoms with Gasteiger partial charge in [0.1, 0.15) is 6.04 Å². The van der Waals surface area contributed by atoms with Gasteiger partial charge >= 0.3 is 6.69 Å². The molecule has 2 heterocycles. The third-order valence-electron chi connectivity index (χ3n) is 3.64. The van der Waals surface area contributed by atoms with Gasteiger partial charge in [0.15, 0.2) is 0 Å². The molecule has 2 fully saturated rings. The predicted molar refractivity (Wildman–Crippen MR) is 55.5 cm³/mol. The van der Waals surface area contributed by atoms with Gasteiger partial charge in [0.25, 0.3) is 5.91 Å². The molecule has 0 aromatic rings. The van der Waals surface area contributed by atoms with Crippen molar-refractivity contribution in [1.82, 2.24) is 4.90 Å². The second kappa shape index (κ2) is 3.47. The molecular formula is C9H19BN2O3. The van der Waals surface area contributed by atoms with E-state index in [1.807, 2.05) is 13.8 Å². The Kier molecular flexibility index (Phi) is 2.52. The lowest BCUT2D eigenvalue weighted by Crippen LogP contribution is -3.12. The Morgan fingerprint density at radius 3 is 2.80 bits per heavy atom. The average molecular weight is 214 g/mol. The molecular weight excluding hydrogens is 195 g/mol. The number of carbonyl (C=O) groups excluding carboxylic acids is 1. The number of hydrogen-bond acceptors (Lipinski definition) is 3. The molecule has 0 spiro atoms. The summed E-state index contributed by atoms with van der Waals surface area (Å²) in [7, 11) is 0. The monoisotopic (exact) mass is 214 g/mol. The summed E-state index contributed by atoms with van der Waals surface area (Å²) in [6.07, 6.45) is 1.58. The van der Waals surface area contributed by atoms with E-state index in [1.54, 1.807) is 4.90 Å². The summed E-state index contributed by atoms with van der Waals surface area (Å²) in [5.41, 5.74) is 0. The zero-order chi connectivity index (χ0) is 11.2. The molecule has 6 heteroatoms. The maximum Gasteiger partial charge on any atom is 0.487 e. The normalized spacial score (nSPS) is 34.7. The van der Waals surface area contributed by atoms with Crippen LogP contribution in [-0.4, -0.2) is 46.1 Å². The number of nitrogens with zero attached hydrogens (tertiary/aromatic N) is 1. The molecule has 2 saturated heterocycles. The van der Waals surface area contributed by atoms with Crippen molar-refractivity contribution < 1.29 is 20.1 Å². The molecule has 0 bridgehead atoms. The Morgan fingerprint density at radius 1 is 1.53 bits per heavy atom. The van der Waals surface area contributed by atoms with Crippen molar-refractivity contribution in [2.24, 2.45) is 5.92 Å². The van der Waals surface area contributed by atoms with Crippen LogP contribution < -0.4 is 5.23 Å². The molecule has 1 amide bonds. The maximum absolute atomic E-state index is 12.0. The Morgan fingerprint density at radius 2 is 2.20 bits per heavy atom. The van der Waals surface area contributed by atoms with E-state index in [0.717, 1.165) is 6.42 Å². The largest absolute Gasteiger partial charge is 0.527 e. The molecule has 0 aliphatic carbocycles. The minimum Gasteiger partial charge on any atom is -0.527 e. The van der Waals surface area contributed by atoms with Gasteiger partial charge in [-0.25, -0.2) is 0 Å². The molecule has 0 radical (unpaired) electrons. The van der Waals surface area contributed by atoms with Crippen LogP contribution in [0.1, 0.15) is 26.7 Å². The van der Waals surface area contributed by atoms with Crippen molar-refractivity contribution in [1.29, 1.82) is 0 Å². The van der Waals surface area contributed by atoms with Gasteiger partial charge in [0, 0.05) is 18.4 Å². The summed E-state index contributed by atoms with van der Waals surface area (Å²) in [4.78, 5) is 13.7. The number of quaternary nitrogens is 1. The average Bonchev–Trinajstić information content (AvgIpc) is 2.60. The third kappa shape index (κ3) is 1.66. The number of carbonyl (C=O) groups is 1. The summed E-state index contributed by atoms with van der Waals surface area (Å²) >= 11 is 0. The van der Waals surface area contributed by atoms with E-state index in [4.69, 9.17) is 0 Å². The quantitative estimate of drug-likeness (QED) is 0.443. The summed E-state index contributed by atoms with van der Waals surface area (Å²) in [6.45, 7) is 2.05. The SMILES string of the molecule is CC(C)[C@@H]1[NH2+][B-](O)(O)[C@@H]2CCCN2C1=O. The zero-order valence-corrected chi connectivity index (χ0v) is 9.26. The van der Waals surface area contributed by atoms with Crippen molar-refractivity contribution in [3.8, 4) is 0 Å². The van der Waals surface area contributed by atoms with Crippen LogP contribution in [0.15, 0.2) is 0 Å². The van der Waals surface area contributed by atoms with E-state index < -0.39 is 6.69 Å². The van der Waals surface area contributed by atoms with E-state index in [9.17, 15) is 14.8 Å². The highest BCUT2D eigenvalue weighted by Gasteiger charge is 2.53. The molecule has 4 N–H and O–H groups in total. The molecule has 0 unspecified atom stereocenters. The first-order valence-electron chi connectivity index (χ1n) is 5.70. The third-order valence-corrected chi connectivity index (χ3v) is 3.64. The van der Waals surface area contributed by atoms with Gasteiger partial charge in [0.2, 0.25) is 0 Å². The van der Waals surface area contributed by atoms with Crippen molar-refractivity contribution in [2.75, 3.05) is 6.54 Å². The van der Waals surface area contributed by atoms with Gasteiger partial charge in [-0.3, -0.25) is 4.79 Å². The van der Waals surface area contributed by atoms with Crippen LogP contribution >= 0.6 is 0 Å². The van der Waals surface area contributed by atoms with E-state index in [-0.39, 0.29) is 23.8 Å². The van der Waals surface area contributed by atoms with Crippen LogP contribution in [0, 0.1) is 5.92 Å². The fourth-order valence-electron chi connectivity index (χ4n) is 2.79. The highest BCUT2D eigenvalue weighted by molar-refractivity contribution is 6.57. The van der Waals surface area contributed by atoms with Crippen LogP contribution in [0.4, 0.5) is 0 Å². The van der Waals surface area contributed by atoms with Crippen LogP contribution in [-0.2, 0) is 4.79 Å². The number of hydrogen-bond donors (Lipinski definition) is 3. The van der Waals surface area contributed by atoms with E-state index in [0.29, 0.717) is 13.0 Å². The predicted octanol–water partition coefficient (Wildman–Crippen LogP) is -1.96. The molecule has 15 heavy (non-hydrogen) atoms. The minimum absolute atomic E-state index is 0.0631. The molecule has 0 aromatic carbocycles. The van der Waals surface area contributed by atoms with Crippen molar-refractivity contribution in [3.05, 3.63) is 0 Å². The fraction of sp³-hybridized carbons (Fsp3) is 0.889. The maximum atomic E-state index is 12.0. The second-order valence-electron chi connectivity index (χ2n) is 5.11. The summed E-state index contributed by atoms with van der Waals surface area (Å²) in [5.74, 6) is -0.180. The van der Waals surface area contributed by atoms with Gasteiger partial charge < -0.3 is 20.2 Å². The first kappa shape index (κ1) is 10.9. The topological polar surface area (TPSA) is 77.4 Å². The molecule has 2 rings (SSSR count). The van der Waals surface area contributed by atoms with Crippen molar-refractivity contribution in [3.63, 3.8) is 0 Å². The molecule has 2 aliphatic heterocycles. The van der Waals surface area contributed by atoms with E-state index in [1.165, 1.54) is 5.23 Å². The van der Waals surface area contributed by atoms with Crippen molar-refractivity contribution in [2.45, 2.75) is 38.7 Å². The molecule has 2 atom stereocenters. The number of amides is 1. The van der Waals surface area contributed by atoms with Gasteiger partial charge in [-0.15, -0.1) is 0 Å². The van der Waals surface area contributed by atoms with Gasteiger partial charge in [-0.05, 0) is 6.42 Å². The number of rotatable bonds is 1. The van der Waals surface area contributed by atoms with Gasteiger partial charge in [-0.1, -0.05) is 20.3 Å². The lowest BCUT2D eigenvalue weighted by Gasteiger charge is -2.46. The highest BCUT2D eigenvalue weighted by atomic mass is 16.4. The second-order valence-corrected chi connectivity index (χ2v) is 5.11. The number of nitrogens with two attached hydrogens (primary N) is 1. The molecule has 5 nitrogen and oxygen atoms in total. The Labute approximate surface area is 89.5 Å². The molecule has 2 aliphatic rings. The Balaban J connectivity index is 2.25. The first-order chi connectivity index (χ1) is 6.93. The van der Waals surface area contributed by atoms with Gasteiger partial charge in [-0.2, -0.15) is 0 Å². The van der Waals surface area contributed by atoms with Crippen LogP contribution in [0.3, 0.4) is 0 Å². The fourth-order valence-corrected chi connectivity index (χ4v) is 2.79. The highest BCUT2D eigenvalue weighted by Crippen LogP contribution is 2.24. The van der Waals surface area contributed by atoms with Crippen LogP contribution in [0.5, 0.6) is 0 Å². The lowest BCUT2D eigenvalue weighted by atomic mass is 9.59. The molecule has 0 saturated carbocycles. The zero-order valence-electron chi connectivity index (χ0n) is 9.26. The van der Waals surface area contributed by atoms with Crippen LogP contribution in [0.25, 0.3) is 0 Å². The van der Waals surface area contributed by atoms with E-state index >= 15 is 0 Å². The van der Waals surface area contributed by atoms with Crippen LogP contribution in [0.2, 0.25) is 0 Å². The minimum atomic E-state index is -2.48. The molecule has 86 valence electrons.